The number of morpholine rings is 1. The number of halogens is 4. The van der Waals surface area contributed by atoms with E-state index in [0.717, 1.165) is 10.1 Å². The van der Waals surface area contributed by atoms with E-state index in [9.17, 15) is 22.8 Å². The number of pyridine rings is 1. The van der Waals surface area contributed by atoms with Crippen LogP contribution in [0.3, 0.4) is 0 Å². The maximum absolute atomic E-state index is 13.7. The highest BCUT2D eigenvalue weighted by atomic mass is 35.5. The second kappa shape index (κ2) is 11.3. The lowest BCUT2D eigenvalue weighted by atomic mass is 10.1. The van der Waals surface area contributed by atoms with Crippen molar-refractivity contribution in [1.29, 1.82) is 0 Å². The van der Waals surface area contributed by atoms with Crippen LogP contribution in [0.15, 0.2) is 52.6 Å². The van der Waals surface area contributed by atoms with Crippen molar-refractivity contribution < 1.29 is 17.9 Å². The summed E-state index contributed by atoms with van der Waals surface area (Å²) in [6, 6.07) is 3.99. The molecule has 0 aromatic carbocycles. The normalized spacial score (nSPS) is 19.6. The number of ether oxygens (including phenoxy) is 1. The van der Waals surface area contributed by atoms with Gasteiger partial charge in [0.1, 0.15) is 17.0 Å². The van der Waals surface area contributed by atoms with Crippen LogP contribution in [-0.4, -0.2) is 63.0 Å². The molecule has 3 aromatic rings. The minimum absolute atomic E-state index is 0.0118. The van der Waals surface area contributed by atoms with E-state index in [1.807, 2.05) is 11.8 Å². The summed E-state index contributed by atoms with van der Waals surface area (Å²) < 4.78 is 47.2. The van der Waals surface area contributed by atoms with Gasteiger partial charge in [-0.25, -0.2) is 9.97 Å². The molecule has 0 amide bonds. The Balaban J connectivity index is 0.000000396. The van der Waals surface area contributed by atoms with E-state index in [1.165, 1.54) is 30.9 Å². The highest BCUT2D eigenvalue weighted by Crippen LogP contribution is 2.38. The van der Waals surface area contributed by atoms with Crippen molar-refractivity contribution >= 4 is 23.4 Å². The Bertz CT molecular complexity index is 1320. The number of H-pyrrole nitrogens is 1. The number of anilines is 2. The molecule has 1 N–H and O–H groups in total. The molecule has 2 aliphatic heterocycles. The average molecular weight is 540 g/mol. The van der Waals surface area contributed by atoms with Crippen molar-refractivity contribution in [2.45, 2.75) is 38.1 Å². The Morgan fingerprint density at radius 2 is 2.00 bits per heavy atom. The number of nitrogens with zero attached hydrogens (tertiary/aromatic N) is 6. The number of rotatable bonds is 3. The van der Waals surface area contributed by atoms with Crippen molar-refractivity contribution in [2.75, 3.05) is 36.1 Å². The molecular formula is C23H25ClF3N7O3. The molecule has 5 heterocycles. The van der Waals surface area contributed by atoms with Crippen molar-refractivity contribution in [3.05, 3.63) is 74.4 Å². The fourth-order valence-corrected chi connectivity index (χ4v) is 4.43. The van der Waals surface area contributed by atoms with Gasteiger partial charge in [-0.2, -0.15) is 18.2 Å². The van der Waals surface area contributed by atoms with Crippen molar-refractivity contribution in [1.82, 2.24) is 24.5 Å². The molecule has 5 rings (SSSR count). The molecule has 198 valence electrons. The van der Waals surface area contributed by atoms with Gasteiger partial charge in [-0.1, -0.05) is 11.6 Å². The van der Waals surface area contributed by atoms with Crippen LogP contribution >= 0.6 is 11.6 Å². The van der Waals surface area contributed by atoms with Crippen LogP contribution in [0, 0.1) is 0 Å². The second-order valence-electron chi connectivity index (χ2n) is 8.60. The summed E-state index contributed by atoms with van der Waals surface area (Å²) in [7, 11) is 0. The molecule has 0 radical (unpaired) electrons. The Labute approximate surface area is 214 Å². The van der Waals surface area contributed by atoms with Gasteiger partial charge >= 0.3 is 6.18 Å². The van der Waals surface area contributed by atoms with E-state index in [4.69, 9.17) is 16.3 Å². The van der Waals surface area contributed by atoms with Crippen LogP contribution < -0.4 is 20.9 Å². The molecule has 10 nitrogen and oxygen atoms in total. The molecule has 0 unspecified atom stereocenters. The lowest BCUT2D eigenvalue weighted by Crippen LogP contribution is -2.48. The van der Waals surface area contributed by atoms with Crippen molar-refractivity contribution in [2.24, 2.45) is 0 Å². The van der Waals surface area contributed by atoms with Crippen LogP contribution in [0.4, 0.5) is 24.9 Å². The van der Waals surface area contributed by atoms with E-state index in [1.54, 1.807) is 17.0 Å². The van der Waals surface area contributed by atoms with Crippen LogP contribution in [-0.2, 0) is 11.3 Å². The maximum Gasteiger partial charge on any atom is 0.409 e. The number of fused-ring (bicyclic) bond motifs is 1. The van der Waals surface area contributed by atoms with E-state index in [-0.39, 0.29) is 37.1 Å². The van der Waals surface area contributed by atoms with Gasteiger partial charge in [0.25, 0.3) is 11.1 Å². The van der Waals surface area contributed by atoms with E-state index >= 15 is 0 Å². The molecule has 1 fully saturated rings. The van der Waals surface area contributed by atoms with Crippen LogP contribution in [0.25, 0.3) is 0 Å². The summed E-state index contributed by atoms with van der Waals surface area (Å²) in [5, 5.41) is 0.291. The number of hydrogen-bond acceptors (Lipinski definition) is 8. The highest BCUT2D eigenvalue weighted by molar-refractivity contribution is 6.29. The summed E-state index contributed by atoms with van der Waals surface area (Å²) in [6.07, 6.45) is -0.446. The molecule has 2 aliphatic rings. The molecule has 0 bridgehead atoms. The number of hydrogen-bond donors (Lipinski definition) is 1. The zero-order valence-corrected chi connectivity index (χ0v) is 20.6. The van der Waals surface area contributed by atoms with E-state index < -0.39 is 17.8 Å². The van der Waals surface area contributed by atoms with Gasteiger partial charge < -0.3 is 19.5 Å². The lowest BCUT2D eigenvalue weighted by molar-refractivity contribution is -0.171. The molecule has 3 aromatic heterocycles. The molecule has 0 spiro atoms. The van der Waals surface area contributed by atoms with Crippen molar-refractivity contribution in [3.63, 3.8) is 0 Å². The van der Waals surface area contributed by atoms with Gasteiger partial charge in [-0.3, -0.25) is 14.2 Å². The lowest BCUT2D eigenvalue weighted by Gasteiger charge is -2.39. The third kappa shape index (κ3) is 6.46. The van der Waals surface area contributed by atoms with Gasteiger partial charge in [-0.15, -0.1) is 0 Å². The van der Waals surface area contributed by atoms with Gasteiger partial charge in [0.05, 0.1) is 25.6 Å². The Hall–Kier alpha value is -3.45. The first kappa shape index (κ1) is 26.6. The quantitative estimate of drug-likeness (QED) is 0.506. The smallest absolute Gasteiger partial charge is 0.377 e. The minimum atomic E-state index is -4.54. The Morgan fingerprint density at radius 3 is 2.62 bits per heavy atom. The van der Waals surface area contributed by atoms with Crippen LogP contribution in [0.2, 0.25) is 5.15 Å². The molecular weight excluding hydrogens is 515 g/mol. The summed E-state index contributed by atoms with van der Waals surface area (Å²) in [6.45, 7) is 3.74. The number of nitrogens with one attached hydrogen (secondary N) is 1. The molecule has 14 heteroatoms. The SMILES string of the molecule is C[C@@H]1COCCN1c1cc(=O)n2c(n1)N(Cc1ccnc(Cl)c1)CC[C@@H]2C(F)(F)F.O=c1ccnc[nH]1. The Morgan fingerprint density at radius 1 is 1.19 bits per heavy atom. The number of aromatic nitrogens is 5. The van der Waals surface area contributed by atoms with Crippen LogP contribution in [0.5, 0.6) is 0 Å². The minimum Gasteiger partial charge on any atom is -0.377 e. The van der Waals surface area contributed by atoms with Gasteiger partial charge in [0.2, 0.25) is 5.95 Å². The number of alkyl halides is 3. The summed E-state index contributed by atoms with van der Waals surface area (Å²) >= 11 is 5.95. The standard InChI is InChI=1S/C19H21ClF3N5O2.C4H4N2O/c1-12-11-30-7-6-27(12)16-9-17(29)28-14(19(21,22)23)3-5-26(18(28)25-16)10-13-2-4-24-15(20)8-13;7-4-1-2-5-3-6-4/h2,4,8-9,12,14H,3,5-7,10-11H2,1H3;1-3H,(H,5,6,7)/t12-,14-;/m1./s1. The van der Waals surface area contributed by atoms with E-state index in [2.05, 4.69) is 19.9 Å². The number of aromatic amines is 1. The van der Waals surface area contributed by atoms with Gasteiger partial charge in [-0.05, 0) is 31.0 Å². The first-order valence-electron chi connectivity index (χ1n) is 11.5. The molecule has 0 aliphatic carbocycles. The summed E-state index contributed by atoms with van der Waals surface area (Å²) in [5.41, 5.74) is -0.0603. The second-order valence-corrected chi connectivity index (χ2v) is 8.98. The van der Waals surface area contributed by atoms with E-state index in [0.29, 0.717) is 30.7 Å². The highest BCUT2D eigenvalue weighted by Gasteiger charge is 2.45. The molecule has 1 saturated heterocycles. The molecule has 37 heavy (non-hydrogen) atoms. The molecule has 2 atom stereocenters. The van der Waals surface area contributed by atoms with Crippen molar-refractivity contribution in [3.8, 4) is 0 Å². The third-order valence-corrected chi connectivity index (χ3v) is 6.19. The topological polar surface area (TPSA) is 109 Å². The van der Waals surface area contributed by atoms with Gasteiger partial charge in [0, 0.05) is 44.2 Å². The zero-order chi connectivity index (χ0) is 26.6. The largest absolute Gasteiger partial charge is 0.409 e. The molecule has 0 saturated carbocycles. The van der Waals surface area contributed by atoms with Gasteiger partial charge in [0.15, 0.2) is 0 Å². The fourth-order valence-electron chi connectivity index (χ4n) is 4.23. The first-order valence-corrected chi connectivity index (χ1v) is 11.9. The Kier molecular flexibility index (Phi) is 8.13. The first-order chi connectivity index (χ1) is 17.6. The predicted molar refractivity (Wildman–Crippen MR) is 131 cm³/mol. The maximum atomic E-state index is 13.7. The monoisotopic (exact) mass is 539 g/mol. The van der Waals surface area contributed by atoms with Crippen LogP contribution in [0.1, 0.15) is 24.9 Å². The average Bonchev–Trinajstić information content (AvgIpc) is 2.85. The third-order valence-electron chi connectivity index (χ3n) is 5.98. The fraction of sp³-hybridized carbons (Fsp3) is 0.435. The predicted octanol–water partition coefficient (Wildman–Crippen LogP) is 2.80. The summed E-state index contributed by atoms with van der Waals surface area (Å²) in [5.74, 6) is 0.375. The summed E-state index contributed by atoms with van der Waals surface area (Å²) in [4.78, 5) is 41.0. The zero-order valence-electron chi connectivity index (χ0n) is 19.9.